The summed E-state index contributed by atoms with van der Waals surface area (Å²) in [5.74, 6) is 1.59. The van der Waals surface area contributed by atoms with Gasteiger partial charge in [0.15, 0.2) is 0 Å². The molecule has 1 aliphatic rings. The molecular weight excluding hydrogens is 256 g/mol. The van der Waals surface area contributed by atoms with E-state index in [-0.39, 0.29) is 0 Å². The minimum Gasteiger partial charge on any atom is -0.372 e. The summed E-state index contributed by atoms with van der Waals surface area (Å²) in [6.07, 6.45) is 5.48. The van der Waals surface area contributed by atoms with Crippen LogP contribution in [0.1, 0.15) is 52.0 Å². The summed E-state index contributed by atoms with van der Waals surface area (Å²) in [5.41, 5.74) is 2.74. The number of anilines is 1. The Balaban J connectivity index is 1.88. The maximum absolute atomic E-state index is 3.51. The van der Waals surface area contributed by atoms with E-state index < -0.39 is 0 Å². The van der Waals surface area contributed by atoms with Crippen molar-refractivity contribution in [1.82, 2.24) is 5.32 Å². The van der Waals surface area contributed by atoms with E-state index in [4.69, 9.17) is 0 Å². The first-order chi connectivity index (χ1) is 10.1. The molecule has 1 aromatic carbocycles. The molecule has 1 N–H and O–H groups in total. The van der Waals surface area contributed by atoms with E-state index in [1.54, 1.807) is 0 Å². The molecule has 21 heavy (non-hydrogen) atoms. The number of nitrogens with one attached hydrogen (secondary N) is 1. The van der Waals surface area contributed by atoms with Crippen molar-refractivity contribution in [1.29, 1.82) is 0 Å². The first-order valence-corrected chi connectivity index (χ1v) is 8.58. The lowest BCUT2D eigenvalue weighted by Gasteiger charge is -2.35. The second kappa shape index (κ2) is 7.84. The van der Waals surface area contributed by atoms with Gasteiger partial charge in [-0.3, -0.25) is 0 Å². The molecule has 0 aromatic heterocycles. The fourth-order valence-corrected chi connectivity index (χ4v) is 3.32. The van der Waals surface area contributed by atoms with Gasteiger partial charge in [-0.15, -0.1) is 0 Å². The molecule has 0 aliphatic heterocycles. The van der Waals surface area contributed by atoms with Crippen molar-refractivity contribution in [2.45, 2.75) is 59.0 Å². The Morgan fingerprint density at radius 2 is 1.90 bits per heavy atom. The molecule has 1 saturated carbocycles. The van der Waals surface area contributed by atoms with E-state index in [9.17, 15) is 0 Å². The fourth-order valence-electron chi connectivity index (χ4n) is 3.32. The van der Waals surface area contributed by atoms with Crippen LogP contribution >= 0.6 is 0 Å². The Labute approximate surface area is 130 Å². The Kier molecular flexibility index (Phi) is 6.10. The lowest BCUT2D eigenvalue weighted by Crippen LogP contribution is -2.35. The van der Waals surface area contributed by atoms with E-state index in [1.807, 2.05) is 0 Å². The van der Waals surface area contributed by atoms with E-state index in [1.165, 1.54) is 36.9 Å². The summed E-state index contributed by atoms with van der Waals surface area (Å²) in [4.78, 5) is 2.49. The lowest BCUT2D eigenvalue weighted by atomic mass is 9.86. The van der Waals surface area contributed by atoms with Crippen molar-refractivity contribution in [3.63, 3.8) is 0 Å². The summed E-state index contributed by atoms with van der Waals surface area (Å²) in [6.45, 7) is 8.94. The number of nitrogens with zero attached hydrogens (tertiary/aromatic N) is 1. The molecule has 0 spiro atoms. The van der Waals surface area contributed by atoms with Crippen LogP contribution in [0.4, 0.5) is 5.69 Å². The third-order valence-corrected chi connectivity index (χ3v) is 4.68. The molecule has 118 valence electrons. The minimum absolute atomic E-state index is 0.712. The molecule has 1 aliphatic carbocycles. The number of hydrogen-bond donors (Lipinski definition) is 1. The van der Waals surface area contributed by atoms with E-state index in [0.717, 1.165) is 25.0 Å². The Morgan fingerprint density at radius 1 is 1.19 bits per heavy atom. The summed E-state index contributed by atoms with van der Waals surface area (Å²) >= 11 is 0. The van der Waals surface area contributed by atoms with E-state index >= 15 is 0 Å². The van der Waals surface area contributed by atoms with Gasteiger partial charge in [-0.25, -0.2) is 0 Å². The molecule has 0 bridgehead atoms. The van der Waals surface area contributed by atoms with Crippen molar-refractivity contribution in [3.05, 3.63) is 29.8 Å². The number of benzene rings is 1. The van der Waals surface area contributed by atoms with Crippen LogP contribution in [0.2, 0.25) is 0 Å². The van der Waals surface area contributed by atoms with Crippen LogP contribution in [-0.2, 0) is 6.54 Å². The topological polar surface area (TPSA) is 15.3 Å². The Hall–Kier alpha value is -1.02. The average Bonchev–Trinajstić information content (AvgIpc) is 2.47. The lowest BCUT2D eigenvalue weighted by molar-refractivity contribution is 0.336. The fraction of sp³-hybridized carbons (Fsp3) is 0.684. The summed E-state index contributed by atoms with van der Waals surface area (Å²) in [6, 6.07) is 9.83. The van der Waals surface area contributed by atoms with Crippen LogP contribution in [0.15, 0.2) is 24.3 Å². The molecule has 0 radical (unpaired) electrons. The predicted molar refractivity (Wildman–Crippen MR) is 92.8 cm³/mol. The molecule has 2 nitrogen and oxygen atoms in total. The van der Waals surface area contributed by atoms with E-state index in [2.05, 4.69) is 62.3 Å². The van der Waals surface area contributed by atoms with Gasteiger partial charge in [-0.05, 0) is 48.9 Å². The highest BCUT2D eigenvalue weighted by Crippen LogP contribution is 2.29. The molecule has 0 heterocycles. The monoisotopic (exact) mass is 288 g/mol. The highest BCUT2D eigenvalue weighted by Gasteiger charge is 2.22. The van der Waals surface area contributed by atoms with Gasteiger partial charge in [0, 0.05) is 25.3 Å². The van der Waals surface area contributed by atoms with Gasteiger partial charge in [0.1, 0.15) is 0 Å². The van der Waals surface area contributed by atoms with Gasteiger partial charge in [-0.2, -0.15) is 0 Å². The van der Waals surface area contributed by atoms with Crippen LogP contribution in [0.25, 0.3) is 0 Å². The van der Waals surface area contributed by atoms with Crippen molar-refractivity contribution in [2.75, 3.05) is 18.5 Å². The van der Waals surface area contributed by atoms with Gasteiger partial charge < -0.3 is 10.2 Å². The molecule has 1 fully saturated rings. The van der Waals surface area contributed by atoms with Crippen LogP contribution in [0.5, 0.6) is 0 Å². The summed E-state index contributed by atoms with van der Waals surface area (Å²) in [5, 5.41) is 3.51. The largest absolute Gasteiger partial charge is 0.372 e. The maximum Gasteiger partial charge on any atom is 0.0366 e. The zero-order chi connectivity index (χ0) is 15.2. The second-order valence-electron chi connectivity index (χ2n) is 7.23. The molecule has 2 unspecified atom stereocenters. The highest BCUT2D eigenvalue weighted by molar-refractivity contribution is 5.48. The van der Waals surface area contributed by atoms with Crippen LogP contribution in [0, 0.1) is 11.8 Å². The molecule has 1 aromatic rings. The van der Waals surface area contributed by atoms with Crippen molar-refractivity contribution < 1.29 is 0 Å². The molecule has 2 heteroatoms. The Morgan fingerprint density at radius 3 is 2.52 bits per heavy atom. The summed E-state index contributed by atoms with van der Waals surface area (Å²) in [7, 11) is 2.26. The normalized spacial score (nSPS) is 22.5. The molecule has 2 atom stereocenters. The van der Waals surface area contributed by atoms with Gasteiger partial charge in [0.2, 0.25) is 0 Å². The third kappa shape index (κ3) is 5.03. The maximum atomic E-state index is 3.51. The zero-order valence-electron chi connectivity index (χ0n) is 14.2. The summed E-state index contributed by atoms with van der Waals surface area (Å²) < 4.78 is 0. The van der Waals surface area contributed by atoms with Crippen molar-refractivity contribution in [3.8, 4) is 0 Å². The van der Waals surface area contributed by atoms with Crippen LogP contribution in [0.3, 0.4) is 0 Å². The number of rotatable bonds is 6. The van der Waals surface area contributed by atoms with Gasteiger partial charge in [0.05, 0.1) is 0 Å². The average molecular weight is 288 g/mol. The van der Waals surface area contributed by atoms with Crippen molar-refractivity contribution >= 4 is 5.69 Å². The van der Waals surface area contributed by atoms with Gasteiger partial charge in [-0.1, -0.05) is 45.7 Å². The second-order valence-corrected chi connectivity index (χ2v) is 7.23. The molecule has 2 rings (SSSR count). The van der Waals surface area contributed by atoms with Gasteiger partial charge in [0.25, 0.3) is 0 Å². The minimum atomic E-state index is 0.712. The number of hydrogen-bond acceptors (Lipinski definition) is 2. The standard InChI is InChI=1S/C19H32N2/c1-15(2)13-20-14-17-8-10-18(11-9-17)21(4)19-7-5-6-16(3)12-19/h8-11,15-16,19-20H,5-7,12-14H2,1-4H3. The zero-order valence-corrected chi connectivity index (χ0v) is 14.2. The third-order valence-electron chi connectivity index (χ3n) is 4.68. The quantitative estimate of drug-likeness (QED) is 0.832. The molecule has 0 amide bonds. The van der Waals surface area contributed by atoms with Crippen molar-refractivity contribution in [2.24, 2.45) is 11.8 Å². The molecule has 0 saturated heterocycles. The van der Waals surface area contributed by atoms with Crippen LogP contribution < -0.4 is 10.2 Å². The Bertz CT molecular complexity index is 410. The van der Waals surface area contributed by atoms with Gasteiger partial charge >= 0.3 is 0 Å². The van der Waals surface area contributed by atoms with E-state index in [0.29, 0.717) is 5.92 Å². The predicted octanol–water partition coefficient (Wildman–Crippen LogP) is 4.45. The SMILES string of the molecule is CC(C)CNCc1ccc(N(C)C2CCCC(C)C2)cc1. The smallest absolute Gasteiger partial charge is 0.0366 e. The first-order valence-electron chi connectivity index (χ1n) is 8.58. The van der Waals surface area contributed by atoms with Crippen LogP contribution in [-0.4, -0.2) is 19.6 Å². The first kappa shape index (κ1) is 16.4. The molecular formula is C19H32N2. The highest BCUT2D eigenvalue weighted by atomic mass is 15.1.